The molecule has 154 valence electrons. The molecule has 0 aliphatic heterocycles. The van der Waals surface area contributed by atoms with Gasteiger partial charge in [0.25, 0.3) is 0 Å². The molecule has 0 spiro atoms. The molecule has 5 nitrogen and oxygen atoms in total. The third kappa shape index (κ3) is 5.19. The summed E-state index contributed by atoms with van der Waals surface area (Å²) in [5.41, 5.74) is 4.45. The van der Waals surface area contributed by atoms with Gasteiger partial charge in [-0.15, -0.1) is 11.3 Å². The molecule has 0 aliphatic rings. The topological polar surface area (TPSA) is 67.2 Å². The highest BCUT2D eigenvalue weighted by Gasteiger charge is 2.11. The molecule has 6 heteroatoms. The SMILES string of the molecule is CCCCc1ccc(NC=C(C#N)c2nc(-c3ccc(OC)c(OC)c3)cs2)cc1. The average molecular weight is 420 g/mol. The van der Waals surface area contributed by atoms with Gasteiger partial charge in [-0.3, -0.25) is 0 Å². The first kappa shape index (κ1) is 21.4. The van der Waals surface area contributed by atoms with E-state index in [1.165, 1.54) is 29.7 Å². The Morgan fingerprint density at radius 3 is 2.57 bits per heavy atom. The molecule has 0 atom stereocenters. The van der Waals surface area contributed by atoms with Gasteiger partial charge in [0.05, 0.1) is 19.9 Å². The summed E-state index contributed by atoms with van der Waals surface area (Å²) in [4.78, 5) is 4.63. The molecule has 0 fully saturated rings. The minimum absolute atomic E-state index is 0.488. The number of allylic oxidation sites excluding steroid dienone is 1. The number of nitrogens with zero attached hydrogens (tertiary/aromatic N) is 2. The number of aromatic nitrogens is 1. The van der Waals surface area contributed by atoms with Gasteiger partial charge in [0.15, 0.2) is 11.5 Å². The number of hydrogen-bond acceptors (Lipinski definition) is 6. The van der Waals surface area contributed by atoms with Crippen molar-refractivity contribution in [3.8, 4) is 28.8 Å². The second kappa shape index (κ2) is 10.5. The molecule has 2 aromatic carbocycles. The molecule has 3 aromatic rings. The van der Waals surface area contributed by atoms with Crippen LogP contribution >= 0.6 is 11.3 Å². The van der Waals surface area contributed by atoms with E-state index in [1.54, 1.807) is 20.4 Å². The lowest BCUT2D eigenvalue weighted by atomic mass is 10.1. The summed E-state index contributed by atoms with van der Waals surface area (Å²) < 4.78 is 10.7. The number of thiazole rings is 1. The van der Waals surface area contributed by atoms with Gasteiger partial charge in [-0.2, -0.15) is 5.26 Å². The van der Waals surface area contributed by atoms with E-state index < -0.39 is 0 Å². The maximum Gasteiger partial charge on any atom is 0.161 e. The summed E-state index contributed by atoms with van der Waals surface area (Å²) in [5, 5.41) is 15.4. The lowest BCUT2D eigenvalue weighted by Gasteiger charge is -2.08. The molecular formula is C24H25N3O2S. The fourth-order valence-electron chi connectivity index (χ4n) is 2.97. The highest BCUT2D eigenvalue weighted by atomic mass is 32.1. The van der Waals surface area contributed by atoms with Crippen LogP contribution in [-0.2, 0) is 6.42 Å². The fraction of sp³-hybridized carbons (Fsp3) is 0.250. The Morgan fingerprint density at radius 2 is 1.90 bits per heavy atom. The van der Waals surface area contributed by atoms with Crippen LogP contribution < -0.4 is 14.8 Å². The second-order valence-corrected chi connectivity index (χ2v) is 7.58. The maximum absolute atomic E-state index is 9.60. The molecule has 0 saturated carbocycles. The number of benzene rings is 2. The lowest BCUT2D eigenvalue weighted by molar-refractivity contribution is 0.355. The van der Waals surface area contributed by atoms with Crippen molar-refractivity contribution in [1.82, 2.24) is 4.98 Å². The number of anilines is 1. The van der Waals surface area contributed by atoms with Crippen LogP contribution in [0.1, 0.15) is 30.3 Å². The zero-order valence-corrected chi connectivity index (χ0v) is 18.3. The van der Waals surface area contributed by atoms with Crippen LogP contribution in [0.3, 0.4) is 0 Å². The van der Waals surface area contributed by atoms with Crippen LogP contribution in [-0.4, -0.2) is 19.2 Å². The fourth-order valence-corrected chi connectivity index (χ4v) is 3.77. The predicted molar refractivity (Wildman–Crippen MR) is 123 cm³/mol. The molecule has 1 heterocycles. The smallest absolute Gasteiger partial charge is 0.161 e. The van der Waals surface area contributed by atoms with E-state index in [1.807, 2.05) is 35.7 Å². The van der Waals surface area contributed by atoms with Crippen LogP contribution in [0.15, 0.2) is 54.0 Å². The molecule has 0 radical (unpaired) electrons. The van der Waals surface area contributed by atoms with Crippen molar-refractivity contribution in [2.24, 2.45) is 0 Å². The van der Waals surface area contributed by atoms with Gasteiger partial charge >= 0.3 is 0 Å². The van der Waals surface area contributed by atoms with E-state index in [4.69, 9.17) is 9.47 Å². The Bertz CT molecular complexity index is 1050. The van der Waals surface area contributed by atoms with Crippen molar-refractivity contribution in [3.05, 3.63) is 64.6 Å². The summed E-state index contributed by atoms with van der Waals surface area (Å²) in [6.45, 7) is 2.19. The summed E-state index contributed by atoms with van der Waals surface area (Å²) in [5.74, 6) is 1.31. The molecule has 0 unspecified atom stereocenters. The summed E-state index contributed by atoms with van der Waals surface area (Å²) >= 11 is 1.43. The Balaban J connectivity index is 1.75. The first-order chi connectivity index (χ1) is 14.7. The number of nitriles is 1. The van der Waals surface area contributed by atoms with Gasteiger partial charge in [-0.05, 0) is 48.7 Å². The van der Waals surface area contributed by atoms with Gasteiger partial charge in [-0.25, -0.2) is 4.98 Å². The summed E-state index contributed by atoms with van der Waals surface area (Å²) in [6.07, 6.45) is 5.18. The molecule has 0 bridgehead atoms. The number of aryl methyl sites for hydroxylation is 1. The van der Waals surface area contributed by atoms with Crippen molar-refractivity contribution in [1.29, 1.82) is 5.26 Å². The van der Waals surface area contributed by atoms with Gasteiger partial charge in [0.2, 0.25) is 0 Å². The van der Waals surface area contributed by atoms with E-state index >= 15 is 0 Å². The number of unbranched alkanes of at least 4 members (excludes halogenated alkanes) is 1. The first-order valence-corrected chi connectivity index (χ1v) is 10.7. The first-order valence-electron chi connectivity index (χ1n) is 9.82. The van der Waals surface area contributed by atoms with Crippen LogP contribution in [0.2, 0.25) is 0 Å². The Hall–Kier alpha value is -3.30. The van der Waals surface area contributed by atoms with E-state index in [2.05, 4.69) is 35.4 Å². The number of hydrogen-bond donors (Lipinski definition) is 1. The molecule has 30 heavy (non-hydrogen) atoms. The number of methoxy groups -OCH3 is 2. The maximum atomic E-state index is 9.60. The van der Waals surface area contributed by atoms with E-state index in [0.29, 0.717) is 22.1 Å². The van der Waals surface area contributed by atoms with Crippen molar-refractivity contribution in [3.63, 3.8) is 0 Å². The molecular weight excluding hydrogens is 394 g/mol. The van der Waals surface area contributed by atoms with Crippen LogP contribution in [0, 0.1) is 11.3 Å². The molecule has 0 saturated heterocycles. The average Bonchev–Trinajstić information content (AvgIpc) is 3.28. The van der Waals surface area contributed by atoms with Gasteiger partial charge in [0.1, 0.15) is 16.6 Å². The molecule has 0 amide bonds. The van der Waals surface area contributed by atoms with Crippen LogP contribution in [0.4, 0.5) is 5.69 Å². The highest BCUT2D eigenvalue weighted by Crippen LogP contribution is 2.33. The third-order valence-corrected chi connectivity index (χ3v) is 5.57. The highest BCUT2D eigenvalue weighted by molar-refractivity contribution is 7.11. The molecule has 0 aliphatic carbocycles. The molecule has 1 aromatic heterocycles. The van der Waals surface area contributed by atoms with Crippen molar-refractivity contribution in [2.45, 2.75) is 26.2 Å². The van der Waals surface area contributed by atoms with Crippen LogP contribution in [0.5, 0.6) is 11.5 Å². The molecule has 1 N–H and O–H groups in total. The normalized spacial score (nSPS) is 11.1. The zero-order valence-electron chi connectivity index (χ0n) is 17.4. The molecule has 3 rings (SSSR count). The zero-order chi connectivity index (χ0) is 21.3. The lowest BCUT2D eigenvalue weighted by Crippen LogP contribution is -1.92. The summed E-state index contributed by atoms with van der Waals surface area (Å²) in [7, 11) is 3.21. The van der Waals surface area contributed by atoms with Gasteiger partial charge < -0.3 is 14.8 Å². The Morgan fingerprint density at radius 1 is 1.13 bits per heavy atom. The number of ether oxygens (including phenoxy) is 2. The standard InChI is InChI=1S/C24H25N3O2S/c1-4-5-6-17-7-10-20(11-8-17)26-15-19(14-25)24-27-21(16-30-24)18-9-12-22(28-2)23(13-18)29-3/h7-13,15-16,26H,4-6H2,1-3H3. The third-order valence-electron chi connectivity index (χ3n) is 4.69. The van der Waals surface area contributed by atoms with E-state index in [9.17, 15) is 5.26 Å². The monoisotopic (exact) mass is 419 g/mol. The minimum atomic E-state index is 0.488. The quantitative estimate of drug-likeness (QED) is 0.422. The van der Waals surface area contributed by atoms with Crippen molar-refractivity contribution >= 4 is 22.6 Å². The van der Waals surface area contributed by atoms with Gasteiger partial charge in [-0.1, -0.05) is 25.5 Å². The number of rotatable bonds is 9. The second-order valence-electron chi connectivity index (χ2n) is 6.72. The van der Waals surface area contributed by atoms with Gasteiger partial charge in [0, 0.05) is 22.8 Å². The predicted octanol–water partition coefficient (Wildman–Crippen LogP) is 6.15. The minimum Gasteiger partial charge on any atom is -0.493 e. The largest absolute Gasteiger partial charge is 0.493 e. The Labute approximate surface area is 181 Å². The van der Waals surface area contributed by atoms with Crippen molar-refractivity contribution < 1.29 is 9.47 Å². The van der Waals surface area contributed by atoms with Crippen molar-refractivity contribution in [2.75, 3.05) is 19.5 Å². The Kier molecular flexibility index (Phi) is 7.47. The summed E-state index contributed by atoms with van der Waals surface area (Å²) in [6, 6.07) is 16.2. The van der Waals surface area contributed by atoms with E-state index in [-0.39, 0.29) is 0 Å². The van der Waals surface area contributed by atoms with E-state index in [0.717, 1.165) is 23.4 Å². The number of nitrogens with one attached hydrogen (secondary N) is 1. The van der Waals surface area contributed by atoms with Crippen LogP contribution in [0.25, 0.3) is 16.8 Å².